The minimum atomic E-state index is 0.475. The smallest absolute Gasteiger partial charge is 0.0666 e. The summed E-state index contributed by atoms with van der Waals surface area (Å²) in [5.41, 5.74) is 0. The number of rotatable bonds is 2. The second kappa shape index (κ2) is 4.03. The van der Waals surface area contributed by atoms with Gasteiger partial charge in [-0.2, -0.15) is 0 Å². The lowest BCUT2D eigenvalue weighted by atomic mass is 10.2. The third-order valence-electron chi connectivity index (χ3n) is 2.89. The van der Waals surface area contributed by atoms with Crippen molar-refractivity contribution in [2.24, 2.45) is 0 Å². The van der Waals surface area contributed by atoms with Crippen LogP contribution in [0.4, 0.5) is 0 Å². The largest absolute Gasteiger partial charge is 0.377 e. The molecule has 0 aliphatic carbocycles. The van der Waals surface area contributed by atoms with E-state index in [-0.39, 0.29) is 0 Å². The molecule has 0 amide bonds. The molecule has 0 radical (unpaired) electrons. The number of ether oxygens (including phenoxy) is 1. The maximum absolute atomic E-state index is 5.59. The van der Waals surface area contributed by atoms with Crippen molar-refractivity contribution in [3.63, 3.8) is 0 Å². The second-order valence-corrected chi connectivity index (χ2v) is 7.71. The zero-order valence-electron chi connectivity index (χ0n) is 8.41. The predicted molar refractivity (Wildman–Crippen MR) is 61.5 cm³/mol. The van der Waals surface area contributed by atoms with Gasteiger partial charge in [0.1, 0.15) is 0 Å². The molecule has 0 N–H and O–H groups in total. The molecule has 2 aliphatic rings. The van der Waals surface area contributed by atoms with Crippen molar-refractivity contribution in [3.8, 4) is 0 Å². The summed E-state index contributed by atoms with van der Waals surface area (Å²) >= 11 is 4.30. The fraction of sp³-hybridized carbons (Fsp3) is 1.00. The molecule has 2 saturated heterocycles. The van der Waals surface area contributed by atoms with Crippen molar-refractivity contribution in [2.75, 3.05) is 12.4 Å². The minimum Gasteiger partial charge on any atom is -0.377 e. The van der Waals surface area contributed by atoms with Crippen molar-refractivity contribution >= 4 is 23.5 Å². The molecule has 0 spiro atoms. The lowest BCUT2D eigenvalue weighted by Crippen LogP contribution is -2.21. The quantitative estimate of drug-likeness (QED) is 0.705. The predicted octanol–water partition coefficient (Wildman–Crippen LogP) is 3.14. The molecule has 13 heavy (non-hydrogen) atoms. The molecule has 0 aromatic rings. The lowest BCUT2D eigenvalue weighted by molar-refractivity contribution is 0.127. The van der Waals surface area contributed by atoms with Gasteiger partial charge in [0.15, 0.2) is 0 Å². The van der Waals surface area contributed by atoms with Crippen molar-refractivity contribution in [1.29, 1.82) is 0 Å². The first kappa shape index (κ1) is 10.2. The Labute approximate surface area is 89.4 Å². The van der Waals surface area contributed by atoms with Crippen LogP contribution in [0, 0.1) is 0 Å². The van der Waals surface area contributed by atoms with E-state index >= 15 is 0 Å². The van der Waals surface area contributed by atoms with Gasteiger partial charge in [0, 0.05) is 11.9 Å². The first-order valence-electron chi connectivity index (χ1n) is 5.13. The van der Waals surface area contributed by atoms with Crippen molar-refractivity contribution in [2.45, 2.75) is 48.5 Å². The minimum absolute atomic E-state index is 0.475. The third kappa shape index (κ3) is 2.37. The molecule has 3 unspecified atom stereocenters. The summed E-state index contributed by atoms with van der Waals surface area (Å²) in [7, 11) is 0. The molecule has 76 valence electrons. The summed E-state index contributed by atoms with van der Waals surface area (Å²) in [6, 6.07) is 0. The number of hydrogen-bond acceptors (Lipinski definition) is 3. The van der Waals surface area contributed by atoms with Crippen LogP contribution in [-0.4, -0.2) is 27.8 Å². The first-order valence-corrected chi connectivity index (χ1v) is 6.99. The van der Waals surface area contributed by atoms with Crippen molar-refractivity contribution in [1.82, 2.24) is 0 Å². The van der Waals surface area contributed by atoms with Crippen LogP contribution < -0.4 is 0 Å². The van der Waals surface area contributed by atoms with E-state index in [1.165, 1.54) is 25.0 Å². The average Bonchev–Trinajstić information content (AvgIpc) is 2.64. The Morgan fingerprint density at radius 2 is 2.38 bits per heavy atom. The molecule has 2 aliphatic heterocycles. The highest BCUT2D eigenvalue weighted by Gasteiger charge is 2.36. The van der Waals surface area contributed by atoms with E-state index in [0.29, 0.717) is 10.2 Å². The van der Waals surface area contributed by atoms with Gasteiger partial charge in [0.05, 0.1) is 10.2 Å². The monoisotopic (exact) mass is 218 g/mol. The van der Waals surface area contributed by atoms with Gasteiger partial charge in [0.2, 0.25) is 0 Å². The van der Waals surface area contributed by atoms with Crippen LogP contribution in [0.1, 0.15) is 33.1 Å². The Balaban J connectivity index is 1.88. The SMILES string of the molecule is CC1OCCC1SC1(C)CCCS1. The molecule has 0 bridgehead atoms. The van der Waals surface area contributed by atoms with E-state index in [4.69, 9.17) is 4.74 Å². The van der Waals surface area contributed by atoms with Crippen LogP contribution in [0.25, 0.3) is 0 Å². The lowest BCUT2D eigenvalue weighted by Gasteiger charge is -2.27. The zero-order chi connectivity index (χ0) is 9.31. The van der Waals surface area contributed by atoms with E-state index in [1.807, 2.05) is 0 Å². The molecule has 3 atom stereocenters. The molecule has 0 saturated carbocycles. The third-order valence-corrected chi connectivity index (χ3v) is 6.46. The molecular weight excluding hydrogens is 200 g/mol. The summed E-state index contributed by atoms with van der Waals surface area (Å²) in [4.78, 5) is 0. The molecule has 3 heteroatoms. The van der Waals surface area contributed by atoms with Crippen LogP contribution in [0.3, 0.4) is 0 Å². The Morgan fingerprint density at radius 3 is 2.92 bits per heavy atom. The van der Waals surface area contributed by atoms with E-state index in [9.17, 15) is 0 Å². The highest BCUT2D eigenvalue weighted by Crippen LogP contribution is 2.50. The van der Waals surface area contributed by atoms with Gasteiger partial charge < -0.3 is 4.74 Å². The Kier molecular flexibility index (Phi) is 3.16. The molecule has 0 aromatic heterocycles. The van der Waals surface area contributed by atoms with Crippen molar-refractivity contribution in [3.05, 3.63) is 0 Å². The van der Waals surface area contributed by atoms with Gasteiger partial charge in [-0.25, -0.2) is 0 Å². The topological polar surface area (TPSA) is 9.23 Å². The number of thioether (sulfide) groups is 2. The Morgan fingerprint density at radius 1 is 1.54 bits per heavy atom. The summed E-state index contributed by atoms with van der Waals surface area (Å²) in [6.45, 7) is 5.59. The standard InChI is InChI=1S/C10H18OS2/c1-8-9(4-6-11-8)13-10(2)5-3-7-12-10/h8-9H,3-7H2,1-2H3. The van der Waals surface area contributed by atoms with E-state index in [0.717, 1.165) is 11.9 Å². The molecular formula is C10H18OS2. The fourth-order valence-electron chi connectivity index (χ4n) is 2.03. The van der Waals surface area contributed by atoms with Crippen LogP contribution in [-0.2, 0) is 4.74 Å². The maximum Gasteiger partial charge on any atom is 0.0666 e. The van der Waals surface area contributed by atoms with Gasteiger partial charge in [0.25, 0.3) is 0 Å². The Hall–Kier alpha value is 0.660. The zero-order valence-corrected chi connectivity index (χ0v) is 10.0. The second-order valence-electron chi connectivity index (χ2n) is 4.11. The summed E-state index contributed by atoms with van der Waals surface area (Å²) in [5.74, 6) is 1.35. The van der Waals surface area contributed by atoms with Crippen molar-refractivity contribution < 1.29 is 4.74 Å². The van der Waals surface area contributed by atoms with Gasteiger partial charge in [-0.3, -0.25) is 0 Å². The normalized spacial score (nSPS) is 45.7. The molecule has 0 aromatic carbocycles. The summed E-state index contributed by atoms with van der Waals surface area (Å²) < 4.78 is 6.08. The fourth-order valence-corrected chi connectivity index (χ4v) is 5.32. The summed E-state index contributed by atoms with van der Waals surface area (Å²) in [6.07, 6.45) is 4.51. The van der Waals surface area contributed by atoms with Gasteiger partial charge >= 0.3 is 0 Å². The summed E-state index contributed by atoms with van der Waals surface area (Å²) in [5, 5.41) is 0.746. The van der Waals surface area contributed by atoms with Crippen LogP contribution >= 0.6 is 23.5 Å². The molecule has 1 nitrogen and oxygen atoms in total. The van der Waals surface area contributed by atoms with E-state index in [1.54, 1.807) is 0 Å². The van der Waals surface area contributed by atoms with E-state index < -0.39 is 0 Å². The first-order chi connectivity index (χ1) is 6.20. The van der Waals surface area contributed by atoms with Crippen LogP contribution in [0.2, 0.25) is 0 Å². The van der Waals surface area contributed by atoms with Gasteiger partial charge in [-0.15, -0.1) is 23.5 Å². The van der Waals surface area contributed by atoms with Crippen LogP contribution in [0.15, 0.2) is 0 Å². The average molecular weight is 218 g/mol. The number of hydrogen-bond donors (Lipinski definition) is 0. The van der Waals surface area contributed by atoms with Gasteiger partial charge in [-0.1, -0.05) is 0 Å². The van der Waals surface area contributed by atoms with Crippen LogP contribution in [0.5, 0.6) is 0 Å². The van der Waals surface area contributed by atoms with Gasteiger partial charge in [-0.05, 0) is 38.9 Å². The highest BCUT2D eigenvalue weighted by molar-refractivity contribution is 8.18. The highest BCUT2D eigenvalue weighted by atomic mass is 32.2. The molecule has 2 heterocycles. The Bertz CT molecular complexity index is 178. The van der Waals surface area contributed by atoms with E-state index in [2.05, 4.69) is 37.4 Å². The maximum atomic E-state index is 5.59. The molecule has 2 fully saturated rings. The molecule has 2 rings (SSSR count).